The van der Waals surface area contributed by atoms with E-state index in [1.807, 2.05) is 24.3 Å². The summed E-state index contributed by atoms with van der Waals surface area (Å²) < 4.78 is 0. The van der Waals surface area contributed by atoms with Crippen molar-refractivity contribution in [3.8, 4) is 0 Å². The number of carbonyl (C=O) groups is 1. The Labute approximate surface area is 95.7 Å². The molecule has 0 bridgehead atoms. The van der Waals surface area contributed by atoms with Gasteiger partial charge in [-0.1, -0.05) is 24.3 Å². The number of amides is 1. The van der Waals surface area contributed by atoms with Crippen LogP contribution in [0.1, 0.15) is 17.2 Å². The number of likely N-dealkylation sites (N-methyl/N-ethyl adjacent to an activating group) is 1. The van der Waals surface area contributed by atoms with E-state index in [2.05, 4.69) is 0 Å². The Balaban J connectivity index is 0.00000112. The quantitative estimate of drug-likeness (QED) is 0.721. The summed E-state index contributed by atoms with van der Waals surface area (Å²) in [6.45, 7) is 0.754. The van der Waals surface area contributed by atoms with Crippen molar-refractivity contribution in [3.63, 3.8) is 0 Å². The Bertz CT molecular complexity index is 367. The molecule has 0 radical (unpaired) electrons. The molecule has 15 heavy (non-hydrogen) atoms. The van der Waals surface area contributed by atoms with Crippen molar-refractivity contribution in [2.24, 2.45) is 5.73 Å². The summed E-state index contributed by atoms with van der Waals surface area (Å²) in [5.41, 5.74) is 8.06. The molecule has 1 heterocycles. The highest BCUT2D eigenvalue weighted by molar-refractivity contribution is 5.85. The summed E-state index contributed by atoms with van der Waals surface area (Å²) in [5, 5.41) is 0. The van der Waals surface area contributed by atoms with Crippen LogP contribution in [0.3, 0.4) is 0 Å². The lowest BCUT2D eigenvalue weighted by molar-refractivity contribution is -0.131. The van der Waals surface area contributed by atoms with E-state index in [0.29, 0.717) is 0 Å². The third kappa shape index (κ3) is 2.13. The second-order valence-corrected chi connectivity index (χ2v) is 3.69. The molecule has 0 saturated heterocycles. The predicted molar refractivity (Wildman–Crippen MR) is 62.0 cm³/mol. The van der Waals surface area contributed by atoms with Crippen molar-refractivity contribution in [2.75, 3.05) is 13.6 Å². The van der Waals surface area contributed by atoms with Gasteiger partial charge in [-0.15, -0.1) is 12.4 Å². The van der Waals surface area contributed by atoms with E-state index >= 15 is 0 Å². The van der Waals surface area contributed by atoms with Crippen LogP contribution >= 0.6 is 12.4 Å². The minimum Gasteiger partial charge on any atom is -0.344 e. The van der Waals surface area contributed by atoms with Gasteiger partial charge >= 0.3 is 0 Å². The van der Waals surface area contributed by atoms with Crippen LogP contribution in [-0.4, -0.2) is 24.4 Å². The topological polar surface area (TPSA) is 46.3 Å². The van der Waals surface area contributed by atoms with Crippen LogP contribution in [-0.2, 0) is 11.2 Å². The third-order valence-corrected chi connectivity index (χ3v) is 2.75. The standard InChI is InChI=1S/C11H14N2O.ClH/c1-13-7-6-8-4-2-3-5-9(8)10(12)11(13)14;/h2-5,10H,6-7,12H2,1H3;1H/t10-;/m1./s1. The lowest BCUT2D eigenvalue weighted by atomic mass is 10.00. The average molecular weight is 227 g/mol. The third-order valence-electron chi connectivity index (χ3n) is 2.75. The normalized spacial score (nSPS) is 20.3. The molecular weight excluding hydrogens is 212 g/mol. The summed E-state index contributed by atoms with van der Waals surface area (Å²) in [4.78, 5) is 13.4. The highest BCUT2D eigenvalue weighted by atomic mass is 35.5. The molecule has 0 aromatic heterocycles. The van der Waals surface area contributed by atoms with Gasteiger partial charge in [0.15, 0.2) is 0 Å². The van der Waals surface area contributed by atoms with Crippen LogP contribution in [0.15, 0.2) is 24.3 Å². The van der Waals surface area contributed by atoms with E-state index in [4.69, 9.17) is 5.73 Å². The molecule has 1 aromatic rings. The van der Waals surface area contributed by atoms with E-state index in [9.17, 15) is 4.79 Å². The van der Waals surface area contributed by atoms with E-state index in [1.165, 1.54) is 5.56 Å². The van der Waals surface area contributed by atoms with Gasteiger partial charge in [-0.05, 0) is 17.5 Å². The Morgan fingerprint density at radius 3 is 2.80 bits per heavy atom. The number of hydrogen-bond donors (Lipinski definition) is 1. The Morgan fingerprint density at radius 1 is 1.40 bits per heavy atom. The number of rotatable bonds is 0. The van der Waals surface area contributed by atoms with Crippen molar-refractivity contribution in [1.82, 2.24) is 4.90 Å². The number of benzene rings is 1. The lowest BCUT2D eigenvalue weighted by Gasteiger charge is -2.16. The zero-order valence-corrected chi connectivity index (χ0v) is 9.46. The first-order valence-electron chi connectivity index (χ1n) is 4.78. The molecule has 1 atom stereocenters. The molecule has 0 fully saturated rings. The fourth-order valence-corrected chi connectivity index (χ4v) is 1.83. The van der Waals surface area contributed by atoms with Crippen molar-refractivity contribution < 1.29 is 4.79 Å². The highest BCUT2D eigenvalue weighted by Gasteiger charge is 2.24. The molecule has 1 aliphatic rings. The van der Waals surface area contributed by atoms with Gasteiger partial charge in [0.25, 0.3) is 0 Å². The summed E-state index contributed by atoms with van der Waals surface area (Å²) in [7, 11) is 1.80. The number of nitrogens with two attached hydrogens (primary N) is 1. The van der Waals surface area contributed by atoms with Crippen LogP contribution < -0.4 is 5.73 Å². The van der Waals surface area contributed by atoms with Gasteiger partial charge in [-0.25, -0.2) is 0 Å². The first kappa shape index (κ1) is 12.0. The minimum atomic E-state index is -0.487. The molecule has 2 rings (SSSR count). The van der Waals surface area contributed by atoms with Crippen LogP contribution in [0.5, 0.6) is 0 Å². The molecule has 0 spiro atoms. The molecule has 82 valence electrons. The number of fused-ring (bicyclic) bond motifs is 1. The summed E-state index contributed by atoms with van der Waals surface area (Å²) in [6.07, 6.45) is 0.895. The summed E-state index contributed by atoms with van der Waals surface area (Å²) in [6, 6.07) is 7.41. The van der Waals surface area contributed by atoms with E-state index in [0.717, 1.165) is 18.5 Å². The fourth-order valence-electron chi connectivity index (χ4n) is 1.83. The molecule has 0 aliphatic carbocycles. The van der Waals surface area contributed by atoms with Crippen LogP contribution in [0.2, 0.25) is 0 Å². The molecule has 0 saturated carbocycles. The van der Waals surface area contributed by atoms with Gasteiger partial charge in [0.05, 0.1) is 0 Å². The number of halogens is 1. The molecule has 4 heteroatoms. The molecular formula is C11H15ClN2O. The van der Waals surface area contributed by atoms with Gasteiger partial charge in [0.1, 0.15) is 6.04 Å². The molecule has 1 amide bonds. The SMILES string of the molecule is CN1CCc2ccccc2[C@@H](N)C1=O.Cl. The maximum Gasteiger partial charge on any atom is 0.243 e. The van der Waals surface area contributed by atoms with Crippen molar-refractivity contribution >= 4 is 18.3 Å². The second-order valence-electron chi connectivity index (χ2n) is 3.69. The van der Waals surface area contributed by atoms with Gasteiger partial charge in [-0.3, -0.25) is 4.79 Å². The molecule has 0 unspecified atom stereocenters. The van der Waals surface area contributed by atoms with E-state index < -0.39 is 6.04 Å². The molecule has 2 N–H and O–H groups in total. The number of hydrogen-bond acceptors (Lipinski definition) is 2. The highest BCUT2D eigenvalue weighted by Crippen LogP contribution is 2.21. The second kappa shape index (κ2) is 4.64. The van der Waals surface area contributed by atoms with Crippen LogP contribution in [0.4, 0.5) is 0 Å². The van der Waals surface area contributed by atoms with Crippen molar-refractivity contribution in [2.45, 2.75) is 12.5 Å². The van der Waals surface area contributed by atoms with E-state index in [1.54, 1.807) is 11.9 Å². The summed E-state index contributed by atoms with van der Waals surface area (Å²) >= 11 is 0. The lowest BCUT2D eigenvalue weighted by Crippen LogP contribution is -2.34. The van der Waals surface area contributed by atoms with Gasteiger partial charge in [0.2, 0.25) is 5.91 Å². The van der Waals surface area contributed by atoms with Gasteiger partial charge in [0, 0.05) is 13.6 Å². The molecule has 1 aliphatic heterocycles. The van der Waals surface area contributed by atoms with Crippen LogP contribution in [0.25, 0.3) is 0 Å². The Kier molecular flexibility index (Phi) is 3.72. The predicted octanol–water partition coefficient (Wildman–Crippen LogP) is 1.12. The fraction of sp³-hybridized carbons (Fsp3) is 0.364. The van der Waals surface area contributed by atoms with Crippen LogP contribution in [0, 0.1) is 0 Å². The van der Waals surface area contributed by atoms with Crippen molar-refractivity contribution in [3.05, 3.63) is 35.4 Å². The smallest absolute Gasteiger partial charge is 0.243 e. The molecule has 1 aromatic carbocycles. The molecule has 3 nitrogen and oxygen atoms in total. The maximum atomic E-state index is 11.7. The minimum absolute atomic E-state index is 0. The largest absolute Gasteiger partial charge is 0.344 e. The van der Waals surface area contributed by atoms with Gasteiger partial charge in [-0.2, -0.15) is 0 Å². The average Bonchev–Trinajstić information content (AvgIpc) is 2.32. The monoisotopic (exact) mass is 226 g/mol. The van der Waals surface area contributed by atoms with Crippen molar-refractivity contribution in [1.29, 1.82) is 0 Å². The zero-order valence-electron chi connectivity index (χ0n) is 8.64. The maximum absolute atomic E-state index is 11.7. The number of carbonyl (C=O) groups excluding carboxylic acids is 1. The summed E-state index contributed by atoms with van der Waals surface area (Å²) in [5.74, 6) is 0.00921. The zero-order chi connectivity index (χ0) is 10.1. The Morgan fingerprint density at radius 2 is 2.07 bits per heavy atom. The van der Waals surface area contributed by atoms with Gasteiger partial charge < -0.3 is 10.6 Å². The Hall–Kier alpha value is -1.06. The van der Waals surface area contributed by atoms with E-state index in [-0.39, 0.29) is 18.3 Å². The number of nitrogens with zero attached hydrogens (tertiary/aromatic N) is 1. The first-order chi connectivity index (χ1) is 6.70. The first-order valence-corrected chi connectivity index (χ1v) is 4.78.